The summed E-state index contributed by atoms with van der Waals surface area (Å²) in [5.74, 6) is 0.886. The Kier molecular flexibility index (Phi) is 4.99. The van der Waals surface area contributed by atoms with Gasteiger partial charge in [-0.3, -0.25) is 4.79 Å². The van der Waals surface area contributed by atoms with Gasteiger partial charge >= 0.3 is 0 Å². The number of fused-ring (bicyclic) bond motifs is 1. The predicted octanol–water partition coefficient (Wildman–Crippen LogP) is 3.60. The second-order valence-electron chi connectivity index (χ2n) is 6.98. The molecule has 0 spiro atoms. The lowest BCUT2D eigenvalue weighted by molar-refractivity contribution is -0.0673. The summed E-state index contributed by atoms with van der Waals surface area (Å²) < 4.78 is 10.9. The zero-order chi connectivity index (χ0) is 20.4. The highest BCUT2D eigenvalue weighted by Gasteiger charge is 2.46. The second-order valence-corrected chi connectivity index (χ2v) is 6.98. The Labute approximate surface area is 170 Å². The molecule has 4 rings (SSSR count). The van der Waals surface area contributed by atoms with Crippen LogP contribution in [0.3, 0.4) is 0 Å². The normalized spacial score (nSPS) is 18.1. The quantitative estimate of drug-likeness (QED) is 0.741. The number of ether oxygens (including phenoxy) is 2. The maximum atomic E-state index is 13.4. The largest absolute Gasteiger partial charge is 0.493 e. The van der Waals surface area contributed by atoms with E-state index in [1.807, 2.05) is 54.6 Å². The molecule has 1 aliphatic heterocycles. The van der Waals surface area contributed by atoms with Gasteiger partial charge in [-0.2, -0.15) is 0 Å². The summed E-state index contributed by atoms with van der Waals surface area (Å²) in [6, 6.07) is 21.9. The molecule has 5 heteroatoms. The molecule has 0 bridgehead atoms. The van der Waals surface area contributed by atoms with Crippen LogP contribution in [0.15, 0.2) is 72.8 Å². The number of carbonyl (C=O) groups is 1. The van der Waals surface area contributed by atoms with E-state index in [1.54, 1.807) is 32.4 Å². The molecule has 0 radical (unpaired) electrons. The van der Waals surface area contributed by atoms with E-state index in [9.17, 15) is 9.90 Å². The molecule has 0 fully saturated rings. The Morgan fingerprint density at radius 3 is 2.14 bits per heavy atom. The average Bonchev–Trinajstić information content (AvgIpc) is 2.79. The van der Waals surface area contributed by atoms with Crippen LogP contribution in [-0.4, -0.2) is 36.7 Å². The summed E-state index contributed by atoms with van der Waals surface area (Å²) in [6.07, 6.45) is 0.601. The Bertz CT molecular complexity index is 1020. The van der Waals surface area contributed by atoms with Crippen molar-refractivity contribution in [2.45, 2.75) is 12.1 Å². The lowest BCUT2D eigenvalue weighted by Crippen LogP contribution is -2.54. The van der Waals surface area contributed by atoms with Gasteiger partial charge in [-0.25, -0.2) is 0 Å². The maximum Gasteiger partial charge on any atom is 0.256 e. The van der Waals surface area contributed by atoms with Crippen molar-refractivity contribution in [2.75, 3.05) is 20.8 Å². The van der Waals surface area contributed by atoms with Gasteiger partial charge in [-0.1, -0.05) is 48.5 Å². The summed E-state index contributed by atoms with van der Waals surface area (Å²) in [5.41, 5.74) is 1.08. The molecule has 0 aliphatic carbocycles. The van der Waals surface area contributed by atoms with E-state index in [-0.39, 0.29) is 5.91 Å². The van der Waals surface area contributed by atoms with Crippen molar-refractivity contribution >= 4 is 5.91 Å². The first-order valence-electron chi connectivity index (χ1n) is 9.50. The SMILES string of the molecule is COc1cc2c(cc1OC)C(O)(c1ccccc1)N(C(=O)c1ccccc1)CC2. The van der Waals surface area contributed by atoms with Crippen LogP contribution in [0.5, 0.6) is 11.5 Å². The van der Waals surface area contributed by atoms with Crippen LogP contribution in [0.1, 0.15) is 27.0 Å². The summed E-state index contributed by atoms with van der Waals surface area (Å²) >= 11 is 0. The molecule has 1 aliphatic rings. The number of hydrogen-bond donors (Lipinski definition) is 1. The van der Waals surface area contributed by atoms with Gasteiger partial charge < -0.3 is 19.5 Å². The van der Waals surface area contributed by atoms with Crippen LogP contribution in [0, 0.1) is 0 Å². The van der Waals surface area contributed by atoms with Crippen LogP contribution in [0.4, 0.5) is 0 Å². The fourth-order valence-corrected chi connectivity index (χ4v) is 3.96. The van der Waals surface area contributed by atoms with Gasteiger partial charge in [-0.05, 0) is 36.2 Å². The summed E-state index contributed by atoms with van der Waals surface area (Å²) in [6.45, 7) is 0.377. The number of hydrogen-bond acceptors (Lipinski definition) is 4. The highest BCUT2D eigenvalue weighted by Crippen LogP contribution is 2.44. The first-order chi connectivity index (χ1) is 14.1. The number of benzene rings is 3. The Balaban J connectivity index is 1.92. The van der Waals surface area contributed by atoms with Crippen LogP contribution in [0.2, 0.25) is 0 Å². The van der Waals surface area contributed by atoms with Crippen LogP contribution >= 0.6 is 0 Å². The number of methoxy groups -OCH3 is 2. The zero-order valence-corrected chi connectivity index (χ0v) is 16.5. The lowest BCUT2D eigenvalue weighted by atomic mass is 9.83. The van der Waals surface area contributed by atoms with Gasteiger partial charge in [0.05, 0.1) is 14.2 Å². The number of carbonyl (C=O) groups excluding carboxylic acids is 1. The Morgan fingerprint density at radius 1 is 0.931 bits per heavy atom. The number of nitrogens with zero attached hydrogens (tertiary/aromatic N) is 1. The lowest BCUT2D eigenvalue weighted by Gasteiger charge is -2.45. The topological polar surface area (TPSA) is 59.0 Å². The fraction of sp³-hybridized carbons (Fsp3) is 0.208. The molecule has 29 heavy (non-hydrogen) atoms. The third-order valence-electron chi connectivity index (χ3n) is 5.42. The maximum absolute atomic E-state index is 13.4. The summed E-state index contributed by atoms with van der Waals surface area (Å²) in [4.78, 5) is 14.9. The highest BCUT2D eigenvalue weighted by atomic mass is 16.5. The third kappa shape index (κ3) is 3.13. The van der Waals surface area contributed by atoms with E-state index in [2.05, 4.69) is 0 Å². The molecular formula is C24H23NO4. The second kappa shape index (κ2) is 7.60. The van der Waals surface area contributed by atoms with Gasteiger partial charge in [0, 0.05) is 23.2 Å². The zero-order valence-electron chi connectivity index (χ0n) is 16.5. The standard InChI is InChI=1S/C24H23NO4/c1-28-21-15-18-13-14-25(23(26)17-9-5-3-6-10-17)24(27,19-11-7-4-8-12-19)20(18)16-22(21)29-2/h3-12,15-16,27H,13-14H2,1-2H3. The van der Waals surface area contributed by atoms with Crippen molar-refractivity contribution in [1.29, 1.82) is 0 Å². The Hall–Kier alpha value is -3.31. The van der Waals surface area contributed by atoms with Gasteiger partial charge in [-0.15, -0.1) is 0 Å². The molecule has 1 unspecified atom stereocenters. The number of rotatable bonds is 4. The molecule has 148 valence electrons. The minimum Gasteiger partial charge on any atom is -0.493 e. The van der Waals surface area contributed by atoms with Crippen LogP contribution in [0.25, 0.3) is 0 Å². The van der Waals surface area contributed by atoms with Crippen LogP contribution < -0.4 is 9.47 Å². The van der Waals surface area contributed by atoms with E-state index in [0.29, 0.717) is 41.2 Å². The van der Waals surface area contributed by atoms with E-state index in [0.717, 1.165) is 5.56 Å². The molecule has 0 saturated heterocycles. The summed E-state index contributed by atoms with van der Waals surface area (Å²) in [5, 5.41) is 12.1. The molecule has 1 amide bonds. The summed E-state index contributed by atoms with van der Waals surface area (Å²) in [7, 11) is 3.14. The fourth-order valence-electron chi connectivity index (χ4n) is 3.96. The molecule has 3 aromatic rings. The van der Waals surface area contributed by atoms with Gasteiger partial charge in [0.25, 0.3) is 5.91 Å². The molecule has 1 heterocycles. The molecule has 0 saturated carbocycles. The molecule has 0 aromatic heterocycles. The highest BCUT2D eigenvalue weighted by molar-refractivity contribution is 5.95. The third-order valence-corrected chi connectivity index (χ3v) is 5.42. The molecule has 3 aromatic carbocycles. The number of amides is 1. The van der Waals surface area contributed by atoms with Crippen molar-refractivity contribution in [3.8, 4) is 11.5 Å². The minimum absolute atomic E-state index is 0.225. The first kappa shape index (κ1) is 19.0. The predicted molar refractivity (Wildman–Crippen MR) is 110 cm³/mol. The van der Waals surface area contributed by atoms with Gasteiger partial charge in [0.15, 0.2) is 17.2 Å². The smallest absolute Gasteiger partial charge is 0.256 e. The monoisotopic (exact) mass is 389 g/mol. The minimum atomic E-state index is -1.62. The van der Waals surface area contributed by atoms with E-state index in [1.165, 1.54) is 4.90 Å². The van der Waals surface area contributed by atoms with Crippen molar-refractivity contribution in [1.82, 2.24) is 4.90 Å². The molecule has 1 atom stereocenters. The number of aliphatic hydroxyl groups is 1. The Morgan fingerprint density at radius 2 is 1.52 bits per heavy atom. The van der Waals surface area contributed by atoms with Gasteiger partial charge in [0.1, 0.15) is 0 Å². The average molecular weight is 389 g/mol. The van der Waals surface area contributed by atoms with Crippen molar-refractivity contribution in [3.63, 3.8) is 0 Å². The van der Waals surface area contributed by atoms with Gasteiger partial charge in [0.2, 0.25) is 0 Å². The molecule has 1 N–H and O–H groups in total. The van der Waals surface area contributed by atoms with E-state index in [4.69, 9.17) is 9.47 Å². The molecular weight excluding hydrogens is 366 g/mol. The van der Waals surface area contributed by atoms with Crippen LogP contribution in [-0.2, 0) is 12.1 Å². The first-order valence-corrected chi connectivity index (χ1v) is 9.50. The van der Waals surface area contributed by atoms with E-state index >= 15 is 0 Å². The van der Waals surface area contributed by atoms with Crippen molar-refractivity contribution in [2.24, 2.45) is 0 Å². The molecule has 5 nitrogen and oxygen atoms in total. The van der Waals surface area contributed by atoms with E-state index < -0.39 is 5.72 Å². The van der Waals surface area contributed by atoms with Crippen molar-refractivity contribution in [3.05, 3.63) is 95.1 Å². The van der Waals surface area contributed by atoms with Crippen molar-refractivity contribution < 1.29 is 19.4 Å².